The van der Waals surface area contributed by atoms with Gasteiger partial charge in [0, 0.05) is 0 Å². The number of carbonyl (C=O) groups excluding carboxylic acids is 1. The van der Waals surface area contributed by atoms with Gasteiger partial charge in [0.05, 0.1) is 20.3 Å². The lowest BCUT2D eigenvalue weighted by molar-refractivity contribution is -0.149. The van der Waals surface area contributed by atoms with Crippen molar-refractivity contribution >= 4 is 5.97 Å². The molecule has 0 spiro atoms. The molecule has 0 aromatic heterocycles. The molecular formula is C11H13NO3. The highest BCUT2D eigenvalue weighted by Gasteiger charge is 2.43. The second-order valence-electron chi connectivity index (χ2n) is 3.40. The quantitative estimate of drug-likeness (QED) is 0.545. The van der Waals surface area contributed by atoms with Crippen LogP contribution in [0, 0.1) is 0 Å². The second kappa shape index (κ2) is 4.42. The van der Waals surface area contributed by atoms with Crippen molar-refractivity contribution in [3.05, 3.63) is 35.9 Å². The van der Waals surface area contributed by atoms with E-state index in [1.165, 1.54) is 7.11 Å². The van der Waals surface area contributed by atoms with Gasteiger partial charge in [0.1, 0.15) is 6.04 Å². The number of hydroxylamine groups is 2. The molecule has 1 aliphatic heterocycles. The van der Waals surface area contributed by atoms with Crippen LogP contribution < -0.4 is 0 Å². The van der Waals surface area contributed by atoms with E-state index in [0.29, 0.717) is 13.2 Å². The number of carbonyl (C=O) groups is 1. The molecule has 80 valence electrons. The van der Waals surface area contributed by atoms with E-state index in [9.17, 15) is 4.79 Å². The van der Waals surface area contributed by atoms with Gasteiger partial charge in [-0.25, -0.2) is 0 Å². The predicted octanol–water partition coefficient (Wildman–Crippen LogP) is 0.975. The Morgan fingerprint density at radius 1 is 1.47 bits per heavy atom. The van der Waals surface area contributed by atoms with Crippen molar-refractivity contribution in [3.8, 4) is 0 Å². The van der Waals surface area contributed by atoms with Gasteiger partial charge in [-0.15, -0.1) is 0 Å². The minimum atomic E-state index is -0.233. The fourth-order valence-electron chi connectivity index (χ4n) is 1.33. The predicted molar refractivity (Wildman–Crippen MR) is 53.7 cm³/mol. The molecule has 2 unspecified atom stereocenters. The first kappa shape index (κ1) is 10.1. The van der Waals surface area contributed by atoms with Gasteiger partial charge in [-0.1, -0.05) is 30.3 Å². The number of hydrogen-bond donors (Lipinski definition) is 0. The molecule has 1 aromatic rings. The van der Waals surface area contributed by atoms with Gasteiger partial charge < -0.3 is 4.74 Å². The lowest BCUT2D eigenvalue weighted by atomic mass is 10.2. The van der Waals surface area contributed by atoms with Crippen LogP contribution in [-0.4, -0.2) is 30.7 Å². The summed E-state index contributed by atoms with van der Waals surface area (Å²) in [6.07, 6.45) is 0. The van der Waals surface area contributed by atoms with Crippen LogP contribution in [0.3, 0.4) is 0 Å². The molecule has 1 fully saturated rings. The summed E-state index contributed by atoms with van der Waals surface area (Å²) in [5.41, 5.74) is 1.09. The topological polar surface area (TPSA) is 38.5 Å². The molecule has 1 aromatic carbocycles. The van der Waals surface area contributed by atoms with E-state index in [-0.39, 0.29) is 12.0 Å². The number of ether oxygens (including phenoxy) is 1. The summed E-state index contributed by atoms with van der Waals surface area (Å²) in [6.45, 7) is 1.12. The number of benzene rings is 1. The minimum absolute atomic E-state index is 0.210. The maximum Gasteiger partial charge on any atom is 0.326 e. The first-order valence-corrected chi connectivity index (χ1v) is 4.82. The number of rotatable bonds is 4. The molecule has 4 heteroatoms. The molecule has 1 saturated heterocycles. The average molecular weight is 207 g/mol. The van der Waals surface area contributed by atoms with Gasteiger partial charge in [-0.3, -0.25) is 9.63 Å². The fourth-order valence-corrected chi connectivity index (χ4v) is 1.33. The summed E-state index contributed by atoms with van der Waals surface area (Å²) < 4.78 is 4.60. The highest BCUT2D eigenvalue weighted by atomic mass is 16.7. The van der Waals surface area contributed by atoms with Gasteiger partial charge in [0.25, 0.3) is 0 Å². The first-order valence-electron chi connectivity index (χ1n) is 4.82. The standard InChI is InChI=1S/C11H13NO3/c1-14-11(13)10-7-12(10)15-8-9-5-3-2-4-6-9/h2-6,10H,7-8H2,1H3. The zero-order valence-electron chi connectivity index (χ0n) is 8.55. The zero-order chi connectivity index (χ0) is 10.7. The number of hydrogen-bond acceptors (Lipinski definition) is 4. The smallest absolute Gasteiger partial charge is 0.326 e. The van der Waals surface area contributed by atoms with Gasteiger partial charge in [-0.05, 0) is 5.56 Å². The largest absolute Gasteiger partial charge is 0.468 e. The number of esters is 1. The third-order valence-electron chi connectivity index (χ3n) is 2.28. The normalized spacial score (nSPS) is 23.5. The molecule has 0 bridgehead atoms. The summed E-state index contributed by atoms with van der Waals surface area (Å²) in [4.78, 5) is 16.5. The molecule has 0 amide bonds. The summed E-state index contributed by atoms with van der Waals surface area (Å²) in [5, 5.41) is 1.62. The Morgan fingerprint density at radius 2 is 2.20 bits per heavy atom. The Kier molecular flexibility index (Phi) is 2.99. The van der Waals surface area contributed by atoms with Crippen molar-refractivity contribution < 1.29 is 14.4 Å². The Bertz CT molecular complexity index is 339. The minimum Gasteiger partial charge on any atom is -0.468 e. The van der Waals surface area contributed by atoms with E-state index in [2.05, 4.69) is 4.74 Å². The average Bonchev–Trinajstić information content (AvgIpc) is 3.06. The molecule has 2 rings (SSSR count). The third kappa shape index (κ3) is 2.55. The van der Waals surface area contributed by atoms with Crippen molar-refractivity contribution in [2.75, 3.05) is 13.7 Å². The van der Waals surface area contributed by atoms with Crippen LogP contribution in [0.15, 0.2) is 30.3 Å². The Balaban J connectivity index is 1.75. The molecule has 15 heavy (non-hydrogen) atoms. The number of methoxy groups -OCH3 is 1. The van der Waals surface area contributed by atoms with Crippen molar-refractivity contribution in [1.29, 1.82) is 0 Å². The maximum absolute atomic E-state index is 11.1. The van der Waals surface area contributed by atoms with Crippen LogP contribution >= 0.6 is 0 Å². The summed E-state index contributed by atoms with van der Waals surface area (Å²) in [6, 6.07) is 9.63. The fraction of sp³-hybridized carbons (Fsp3) is 0.364. The van der Waals surface area contributed by atoms with E-state index >= 15 is 0 Å². The highest BCUT2D eigenvalue weighted by molar-refractivity contribution is 5.78. The molecule has 0 radical (unpaired) electrons. The molecule has 0 N–H and O–H groups in total. The Hall–Kier alpha value is -1.39. The molecule has 4 nitrogen and oxygen atoms in total. The molecule has 1 heterocycles. The molecule has 2 atom stereocenters. The molecule has 0 saturated carbocycles. The van der Waals surface area contributed by atoms with Crippen molar-refractivity contribution in [3.63, 3.8) is 0 Å². The van der Waals surface area contributed by atoms with Gasteiger partial charge >= 0.3 is 5.97 Å². The van der Waals surface area contributed by atoms with Crippen LogP contribution in [0.2, 0.25) is 0 Å². The third-order valence-corrected chi connectivity index (χ3v) is 2.28. The molecular weight excluding hydrogens is 194 g/mol. The van der Waals surface area contributed by atoms with Crippen LogP contribution in [0.25, 0.3) is 0 Å². The summed E-state index contributed by atoms with van der Waals surface area (Å²) in [7, 11) is 1.38. The van der Waals surface area contributed by atoms with E-state index in [1.54, 1.807) is 5.06 Å². The Labute approximate surface area is 88.4 Å². The van der Waals surface area contributed by atoms with Crippen molar-refractivity contribution in [1.82, 2.24) is 5.06 Å². The second-order valence-corrected chi connectivity index (χ2v) is 3.40. The first-order chi connectivity index (χ1) is 7.31. The van der Waals surface area contributed by atoms with Crippen molar-refractivity contribution in [2.45, 2.75) is 12.6 Å². The highest BCUT2D eigenvalue weighted by Crippen LogP contribution is 2.20. The van der Waals surface area contributed by atoms with Gasteiger partial charge in [0.2, 0.25) is 0 Å². The molecule has 0 aliphatic carbocycles. The number of nitrogens with zero attached hydrogens (tertiary/aromatic N) is 1. The van der Waals surface area contributed by atoms with E-state index in [0.717, 1.165) is 5.56 Å². The maximum atomic E-state index is 11.1. The van der Waals surface area contributed by atoms with E-state index in [1.807, 2.05) is 30.3 Å². The lowest BCUT2D eigenvalue weighted by Crippen LogP contribution is -2.14. The summed E-state index contributed by atoms with van der Waals surface area (Å²) in [5.74, 6) is -0.233. The van der Waals surface area contributed by atoms with Gasteiger partial charge in [-0.2, -0.15) is 5.06 Å². The lowest BCUT2D eigenvalue weighted by Gasteiger charge is -2.04. The van der Waals surface area contributed by atoms with Crippen LogP contribution in [-0.2, 0) is 21.0 Å². The SMILES string of the molecule is COC(=O)C1CN1OCc1ccccc1. The van der Waals surface area contributed by atoms with Crippen LogP contribution in [0.4, 0.5) is 0 Å². The van der Waals surface area contributed by atoms with Crippen LogP contribution in [0.5, 0.6) is 0 Å². The van der Waals surface area contributed by atoms with Crippen molar-refractivity contribution in [2.24, 2.45) is 0 Å². The van der Waals surface area contributed by atoms with Crippen LogP contribution in [0.1, 0.15) is 5.56 Å². The molecule has 1 aliphatic rings. The van der Waals surface area contributed by atoms with E-state index < -0.39 is 0 Å². The van der Waals surface area contributed by atoms with Gasteiger partial charge in [0.15, 0.2) is 0 Å². The zero-order valence-corrected chi connectivity index (χ0v) is 8.55. The Morgan fingerprint density at radius 3 is 2.87 bits per heavy atom. The summed E-state index contributed by atoms with van der Waals surface area (Å²) >= 11 is 0. The monoisotopic (exact) mass is 207 g/mol. The van der Waals surface area contributed by atoms with E-state index in [4.69, 9.17) is 4.84 Å².